The molecule has 2 N–H and O–H groups in total. The molecule has 1 saturated carbocycles. The first-order chi connectivity index (χ1) is 9.22. The highest BCUT2D eigenvalue weighted by Gasteiger charge is 2.33. The van der Waals surface area contributed by atoms with E-state index in [1.54, 1.807) is 0 Å². The predicted molar refractivity (Wildman–Crippen MR) is 75.9 cm³/mol. The van der Waals surface area contributed by atoms with E-state index in [2.05, 4.69) is 22.5 Å². The van der Waals surface area contributed by atoms with Crippen molar-refractivity contribution in [1.82, 2.24) is 15.5 Å². The van der Waals surface area contributed by atoms with E-state index in [0.717, 1.165) is 38.3 Å². The monoisotopic (exact) mass is 265 g/mol. The van der Waals surface area contributed by atoms with E-state index in [9.17, 15) is 4.79 Å². The summed E-state index contributed by atoms with van der Waals surface area (Å²) in [7, 11) is 0. The van der Waals surface area contributed by atoms with E-state index in [1.807, 2.05) is 0 Å². The van der Waals surface area contributed by atoms with Gasteiger partial charge < -0.3 is 15.5 Å². The normalized spacial score (nSPS) is 34.2. The fraction of sp³-hybridized carbons (Fsp3) is 0.933. The third-order valence-electron chi connectivity index (χ3n) is 4.93. The third kappa shape index (κ3) is 3.48. The number of likely N-dealkylation sites (tertiary alicyclic amines) is 1. The highest BCUT2D eigenvalue weighted by molar-refractivity contribution is 5.79. The smallest absolute Gasteiger partial charge is 0.223 e. The fourth-order valence-electron chi connectivity index (χ4n) is 3.54. The molecule has 1 aliphatic carbocycles. The molecule has 0 aromatic heterocycles. The molecule has 4 heteroatoms. The maximum absolute atomic E-state index is 12.3. The molecule has 2 aliphatic heterocycles. The average Bonchev–Trinajstić information content (AvgIpc) is 3.24. The Balaban J connectivity index is 1.42. The van der Waals surface area contributed by atoms with Crippen molar-refractivity contribution >= 4 is 5.91 Å². The molecular formula is C15H27N3O. The standard InChI is InChI=1S/C15H27N3O/c1-11-10-12(4-7-16-11)15(19)17-13-5-8-18(9-6-13)14-2-3-14/h11-14,16H,2-10H2,1H3,(H,17,19). The van der Waals surface area contributed by atoms with Gasteiger partial charge in [0.25, 0.3) is 0 Å². The number of carbonyl (C=O) groups is 1. The Bertz CT molecular complexity index is 321. The first-order valence-electron chi connectivity index (χ1n) is 8.00. The second-order valence-electron chi connectivity index (χ2n) is 6.63. The summed E-state index contributed by atoms with van der Waals surface area (Å²) in [5.41, 5.74) is 0. The molecular weight excluding hydrogens is 238 g/mol. The van der Waals surface area contributed by atoms with Crippen molar-refractivity contribution in [2.24, 2.45) is 5.92 Å². The van der Waals surface area contributed by atoms with E-state index in [-0.39, 0.29) is 5.92 Å². The van der Waals surface area contributed by atoms with Crippen LogP contribution in [-0.4, -0.2) is 48.6 Å². The lowest BCUT2D eigenvalue weighted by Gasteiger charge is -2.34. The van der Waals surface area contributed by atoms with Crippen molar-refractivity contribution < 1.29 is 4.79 Å². The summed E-state index contributed by atoms with van der Waals surface area (Å²) in [6.45, 7) is 5.52. The largest absolute Gasteiger partial charge is 0.353 e. The predicted octanol–water partition coefficient (Wildman–Crippen LogP) is 1.12. The summed E-state index contributed by atoms with van der Waals surface area (Å²) in [6.07, 6.45) is 7.06. The summed E-state index contributed by atoms with van der Waals surface area (Å²) in [6, 6.07) is 1.79. The molecule has 2 unspecified atom stereocenters. The molecule has 0 aromatic carbocycles. The lowest BCUT2D eigenvalue weighted by molar-refractivity contribution is -0.127. The molecule has 0 radical (unpaired) electrons. The lowest BCUT2D eigenvalue weighted by Crippen LogP contribution is -2.49. The molecule has 0 spiro atoms. The number of nitrogens with zero attached hydrogens (tertiary/aromatic N) is 1. The van der Waals surface area contributed by atoms with Crippen LogP contribution in [0.4, 0.5) is 0 Å². The van der Waals surface area contributed by atoms with Crippen molar-refractivity contribution in [3.63, 3.8) is 0 Å². The molecule has 2 saturated heterocycles. The van der Waals surface area contributed by atoms with Crippen LogP contribution in [0.3, 0.4) is 0 Å². The van der Waals surface area contributed by atoms with Gasteiger partial charge in [-0.1, -0.05) is 0 Å². The highest BCUT2D eigenvalue weighted by atomic mass is 16.1. The Labute approximate surface area is 116 Å². The van der Waals surface area contributed by atoms with Crippen molar-refractivity contribution in [3.05, 3.63) is 0 Å². The van der Waals surface area contributed by atoms with E-state index in [1.165, 1.54) is 25.9 Å². The minimum atomic E-state index is 0.234. The maximum atomic E-state index is 12.3. The molecule has 0 bridgehead atoms. The van der Waals surface area contributed by atoms with Crippen LogP contribution in [0, 0.1) is 5.92 Å². The van der Waals surface area contributed by atoms with E-state index < -0.39 is 0 Å². The number of hydrogen-bond donors (Lipinski definition) is 2. The van der Waals surface area contributed by atoms with Crippen molar-refractivity contribution in [3.8, 4) is 0 Å². The van der Waals surface area contributed by atoms with Crippen molar-refractivity contribution in [1.29, 1.82) is 0 Å². The molecule has 0 aromatic rings. The van der Waals surface area contributed by atoms with Crippen LogP contribution in [0.1, 0.15) is 45.4 Å². The van der Waals surface area contributed by atoms with E-state index in [4.69, 9.17) is 0 Å². The van der Waals surface area contributed by atoms with E-state index >= 15 is 0 Å². The van der Waals surface area contributed by atoms with Gasteiger partial charge in [0.05, 0.1) is 0 Å². The highest BCUT2D eigenvalue weighted by Crippen LogP contribution is 2.29. The number of hydrogen-bond acceptors (Lipinski definition) is 3. The molecule has 2 heterocycles. The Morgan fingerprint density at radius 2 is 1.89 bits per heavy atom. The van der Waals surface area contributed by atoms with Crippen LogP contribution in [0.2, 0.25) is 0 Å². The zero-order chi connectivity index (χ0) is 13.2. The summed E-state index contributed by atoms with van der Waals surface area (Å²) < 4.78 is 0. The summed E-state index contributed by atoms with van der Waals surface area (Å²) in [4.78, 5) is 14.9. The minimum Gasteiger partial charge on any atom is -0.353 e. The van der Waals surface area contributed by atoms with Gasteiger partial charge in [0.15, 0.2) is 0 Å². The summed E-state index contributed by atoms with van der Waals surface area (Å²) >= 11 is 0. The number of amides is 1. The Morgan fingerprint density at radius 3 is 2.53 bits per heavy atom. The van der Waals surface area contributed by atoms with Gasteiger partial charge in [0.2, 0.25) is 5.91 Å². The molecule has 2 atom stereocenters. The summed E-state index contributed by atoms with van der Waals surface area (Å²) in [5.74, 6) is 0.538. The van der Waals surface area contributed by atoms with Gasteiger partial charge in [-0.05, 0) is 52.0 Å². The third-order valence-corrected chi connectivity index (χ3v) is 4.93. The summed E-state index contributed by atoms with van der Waals surface area (Å²) in [5, 5.41) is 6.70. The molecule has 3 fully saturated rings. The van der Waals surface area contributed by atoms with Gasteiger partial charge in [-0.15, -0.1) is 0 Å². The molecule has 108 valence electrons. The van der Waals surface area contributed by atoms with Crippen LogP contribution in [-0.2, 0) is 4.79 Å². The van der Waals surface area contributed by atoms with Crippen LogP contribution in [0.25, 0.3) is 0 Å². The number of rotatable bonds is 3. The average molecular weight is 265 g/mol. The molecule has 19 heavy (non-hydrogen) atoms. The molecule has 3 rings (SSSR count). The molecule has 3 aliphatic rings. The van der Waals surface area contributed by atoms with Crippen molar-refractivity contribution in [2.75, 3.05) is 19.6 Å². The minimum absolute atomic E-state index is 0.234. The zero-order valence-corrected chi connectivity index (χ0v) is 12.0. The Hall–Kier alpha value is -0.610. The molecule has 1 amide bonds. The van der Waals surface area contributed by atoms with Gasteiger partial charge in [-0.3, -0.25) is 4.79 Å². The number of piperidine rings is 2. The van der Waals surface area contributed by atoms with Gasteiger partial charge in [-0.2, -0.15) is 0 Å². The van der Waals surface area contributed by atoms with E-state index in [0.29, 0.717) is 18.0 Å². The Kier molecular flexibility index (Phi) is 4.08. The second-order valence-corrected chi connectivity index (χ2v) is 6.63. The lowest BCUT2D eigenvalue weighted by atomic mass is 9.92. The van der Waals surface area contributed by atoms with Crippen LogP contribution < -0.4 is 10.6 Å². The number of carbonyl (C=O) groups excluding carboxylic acids is 1. The van der Waals surface area contributed by atoms with Crippen molar-refractivity contribution in [2.45, 2.75) is 63.6 Å². The second kappa shape index (κ2) is 5.80. The zero-order valence-electron chi connectivity index (χ0n) is 12.0. The molecule has 4 nitrogen and oxygen atoms in total. The van der Waals surface area contributed by atoms with Crippen LogP contribution >= 0.6 is 0 Å². The Morgan fingerprint density at radius 1 is 1.16 bits per heavy atom. The number of nitrogens with one attached hydrogen (secondary N) is 2. The quantitative estimate of drug-likeness (QED) is 0.804. The van der Waals surface area contributed by atoms with Crippen LogP contribution in [0.5, 0.6) is 0 Å². The van der Waals surface area contributed by atoms with Gasteiger partial charge >= 0.3 is 0 Å². The van der Waals surface area contributed by atoms with Crippen LogP contribution in [0.15, 0.2) is 0 Å². The first-order valence-corrected chi connectivity index (χ1v) is 8.00. The SMILES string of the molecule is CC1CC(C(=O)NC2CCN(C3CC3)CC2)CCN1. The fourth-order valence-corrected chi connectivity index (χ4v) is 3.54. The maximum Gasteiger partial charge on any atom is 0.223 e. The first kappa shape index (κ1) is 13.4. The van der Waals surface area contributed by atoms with Gasteiger partial charge in [-0.25, -0.2) is 0 Å². The topological polar surface area (TPSA) is 44.4 Å². The van der Waals surface area contributed by atoms with Gasteiger partial charge in [0, 0.05) is 37.1 Å². The van der Waals surface area contributed by atoms with Gasteiger partial charge in [0.1, 0.15) is 0 Å².